The number of benzene rings is 2. The van der Waals surface area contributed by atoms with E-state index in [-0.39, 0.29) is 16.9 Å². The van der Waals surface area contributed by atoms with Crippen molar-refractivity contribution in [3.05, 3.63) is 59.7 Å². The van der Waals surface area contributed by atoms with Gasteiger partial charge in [-0.05, 0) is 36.4 Å². The van der Waals surface area contributed by atoms with Crippen LogP contribution in [0.25, 0.3) is 0 Å². The number of nitrogens with one attached hydrogen (secondary N) is 1. The van der Waals surface area contributed by atoms with E-state index < -0.39 is 27.7 Å². The number of alkyl halides is 3. The maximum atomic E-state index is 12.7. The molecule has 0 saturated heterocycles. The molecule has 5 nitrogen and oxygen atoms in total. The highest BCUT2D eigenvalue weighted by Crippen LogP contribution is 2.30. The molecular weight excluding hydrogens is 357 g/mol. The molecule has 0 saturated carbocycles. The van der Waals surface area contributed by atoms with Crippen molar-refractivity contribution >= 4 is 27.3 Å². The Kier molecular flexibility index (Phi) is 5.07. The molecule has 2 aromatic carbocycles. The Balaban J connectivity index is 2.25. The van der Waals surface area contributed by atoms with Gasteiger partial charge in [0.15, 0.2) is 0 Å². The molecule has 0 aliphatic heterocycles. The van der Waals surface area contributed by atoms with Crippen molar-refractivity contribution in [2.75, 3.05) is 22.9 Å². The fraction of sp³-hybridized carbons (Fsp3) is 0.188. The van der Waals surface area contributed by atoms with E-state index in [1.54, 1.807) is 0 Å². The number of anilines is 2. The Morgan fingerprint density at radius 1 is 1.08 bits per heavy atom. The fourth-order valence-electron chi connectivity index (χ4n) is 2.01. The van der Waals surface area contributed by atoms with Crippen LogP contribution in [0.3, 0.4) is 0 Å². The topological polar surface area (TPSA) is 66.5 Å². The minimum Gasteiger partial charge on any atom is -0.322 e. The summed E-state index contributed by atoms with van der Waals surface area (Å²) in [6.45, 7) is 0. The number of rotatable bonds is 4. The highest BCUT2D eigenvalue weighted by atomic mass is 32.2. The smallest absolute Gasteiger partial charge is 0.322 e. The maximum absolute atomic E-state index is 12.7. The second-order valence-electron chi connectivity index (χ2n) is 5.31. The maximum Gasteiger partial charge on any atom is 0.416 e. The number of sulfonamides is 1. The van der Waals surface area contributed by atoms with E-state index in [0.717, 1.165) is 22.7 Å². The average molecular weight is 372 g/mol. The van der Waals surface area contributed by atoms with E-state index in [0.29, 0.717) is 0 Å². The van der Waals surface area contributed by atoms with E-state index >= 15 is 0 Å². The first kappa shape index (κ1) is 18.8. The molecule has 0 aliphatic rings. The number of halogens is 3. The van der Waals surface area contributed by atoms with Crippen molar-refractivity contribution in [1.29, 1.82) is 0 Å². The van der Waals surface area contributed by atoms with Crippen LogP contribution in [0.4, 0.5) is 24.5 Å². The van der Waals surface area contributed by atoms with Gasteiger partial charge in [-0.3, -0.25) is 9.10 Å². The standard InChI is InChI=1S/C16H15F3N2O3S/c1-21(25(2,23)24)14-8-3-5-11(9-14)15(22)20-13-7-4-6-12(10-13)16(17,18)19/h3-10H,1-2H3,(H,20,22). The third kappa shape index (κ3) is 4.72. The third-order valence-electron chi connectivity index (χ3n) is 3.42. The fourth-order valence-corrected chi connectivity index (χ4v) is 2.51. The summed E-state index contributed by atoms with van der Waals surface area (Å²) in [5, 5.41) is 2.37. The molecule has 1 amide bonds. The van der Waals surface area contributed by atoms with Crippen LogP contribution in [0.15, 0.2) is 48.5 Å². The highest BCUT2D eigenvalue weighted by Gasteiger charge is 2.30. The number of carbonyl (C=O) groups is 1. The first-order chi connectivity index (χ1) is 11.5. The predicted molar refractivity (Wildman–Crippen MR) is 89.1 cm³/mol. The van der Waals surface area contributed by atoms with Crippen molar-refractivity contribution < 1.29 is 26.4 Å². The Morgan fingerprint density at radius 2 is 1.72 bits per heavy atom. The van der Waals surface area contributed by atoms with Crippen LogP contribution in [0.2, 0.25) is 0 Å². The van der Waals surface area contributed by atoms with Gasteiger partial charge in [-0.1, -0.05) is 12.1 Å². The third-order valence-corrected chi connectivity index (χ3v) is 4.62. The molecule has 0 bridgehead atoms. The van der Waals surface area contributed by atoms with Gasteiger partial charge in [-0.15, -0.1) is 0 Å². The van der Waals surface area contributed by atoms with Gasteiger partial charge in [0.1, 0.15) is 0 Å². The van der Waals surface area contributed by atoms with Gasteiger partial charge < -0.3 is 5.32 Å². The SMILES string of the molecule is CN(c1cccc(C(=O)Nc2cccc(C(F)(F)F)c2)c1)S(C)(=O)=O. The van der Waals surface area contributed by atoms with Crippen LogP contribution >= 0.6 is 0 Å². The molecule has 9 heteroatoms. The lowest BCUT2D eigenvalue weighted by atomic mass is 10.1. The van der Waals surface area contributed by atoms with Crippen LogP contribution in [-0.2, 0) is 16.2 Å². The highest BCUT2D eigenvalue weighted by molar-refractivity contribution is 7.92. The van der Waals surface area contributed by atoms with Gasteiger partial charge in [0.2, 0.25) is 10.0 Å². The normalized spacial score (nSPS) is 11.9. The number of nitrogens with zero attached hydrogens (tertiary/aromatic N) is 1. The average Bonchev–Trinajstić information content (AvgIpc) is 2.53. The Hall–Kier alpha value is -2.55. The predicted octanol–water partition coefficient (Wildman–Crippen LogP) is 3.35. The molecule has 2 rings (SSSR count). The minimum absolute atomic E-state index is 0.0123. The van der Waals surface area contributed by atoms with Gasteiger partial charge in [0.25, 0.3) is 5.91 Å². The van der Waals surface area contributed by atoms with Crippen molar-refractivity contribution in [3.63, 3.8) is 0 Å². The van der Waals surface area contributed by atoms with E-state index in [1.165, 1.54) is 43.4 Å². The summed E-state index contributed by atoms with van der Waals surface area (Å²) in [7, 11) is -2.17. The number of amides is 1. The second kappa shape index (κ2) is 6.75. The van der Waals surface area contributed by atoms with Gasteiger partial charge in [0.05, 0.1) is 17.5 Å². The lowest BCUT2D eigenvalue weighted by Gasteiger charge is -2.17. The molecule has 0 aliphatic carbocycles. The Morgan fingerprint density at radius 3 is 2.32 bits per heavy atom. The summed E-state index contributed by atoms with van der Waals surface area (Å²) in [5.41, 5.74) is -0.512. The summed E-state index contributed by atoms with van der Waals surface area (Å²) in [4.78, 5) is 12.2. The van der Waals surface area contributed by atoms with Gasteiger partial charge in [0, 0.05) is 18.3 Å². The largest absolute Gasteiger partial charge is 0.416 e. The van der Waals surface area contributed by atoms with Crippen LogP contribution in [-0.4, -0.2) is 27.6 Å². The molecule has 2 aromatic rings. The summed E-state index contributed by atoms with van der Waals surface area (Å²) < 4.78 is 62.2. The lowest BCUT2D eigenvalue weighted by Crippen LogP contribution is -2.25. The molecule has 0 spiro atoms. The Bertz CT molecular complexity index is 895. The first-order valence-corrected chi connectivity index (χ1v) is 8.86. The summed E-state index contributed by atoms with van der Waals surface area (Å²) >= 11 is 0. The van der Waals surface area contributed by atoms with Crippen molar-refractivity contribution in [3.8, 4) is 0 Å². The molecule has 134 valence electrons. The zero-order valence-corrected chi connectivity index (χ0v) is 14.1. The molecule has 0 fully saturated rings. The van der Waals surface area contributed by atoms with Crippen LogP contribution in [0.1, 0.15) is 15.9 Å². The molecule has 0 radical (unpaired) electrons. The van der Waals surface area contributed by atoms with Gasteiger partial charge in [-0.2, -0.15) is 13.2 Å². The van der Waals surface area contributed by atoms with Crippen molar-refractivity contribution in [2.45, 2.75) is 6.18 Å². The number of hydrogen-bond donors (Lipinski definition) is 1. The van der Waals surface area contributed by atoms with Crippen LogP contribution < -0.4 is 9.62 Å². The van der Waals surface area contributed by atoms with E-state index in [1.807, 2.05) is 0 Å². The minimum atomic E-state index is -4.52. The summed E-state index contributed by atoms with van der Waals surface area (Å²) in [6, 6.07) is 10.0. The number of carbonyl (C=O) groups excluding carboxylic acids is 1. The van der Waals surface area contributed by atoms with Crippen molar-refractivity contribution in [2.24, 2.45) is 0 Å². The molecule has 0 heterocycles. The van der Waals surface area contributed by atoms with Crippen LogP contribution in [0.5, 0.6) is 0 Å². The van der Waals surface area contributed by atoms with E-state index in [9.17, 15) is 26.4 Å². The zero-order valence-electron chi connectivity index (χ0n) is 13.3. The lowest BCUT2D eigenvalue weighted by molar-refractivity contribution is -0.137. The molecule has 0 atom stereocenters. The summed E-state index contributed by atoms with van der Waals surface area (Å²) in [5.74, 6) is -0.650. The molecule has 25 heavy (non-hydrogen) atoms. The van der Waals surface area contributed by atoms with Gasteiger partial charge >= 0.3 is 6.18 Å². The van der Waals surface area contributed by atoms with Crippen LogP contribution in [0, 0.1) is 0 Å². The second-order valence-corrected chi connectivity index (χ2v) is 7.33. The number of hydrogen-bond acceptors (Lipinski definition) is 3. The van der Waals surface area contributed by atoms with Gasteiger partial charge in [-0.25, -0.2) is 8.42 Å². The Labute approximate surface area is 143 Å². The quantitative estimate of drug-likeness (QED) is 0.895. The monoisotopic (exact) mass is 372 g/mol. The van der Waals surface area contributed by atoms with Crippen molar-refractivity contribution in [1.82, 2.24) is 0 Å². The molecular formula is C16H15F3N2O3S. The summed E-state index contributed by atoms with van der Waals surface area (Å²) in [6.07, 6.45) is -3.50. The van der Waals surface area contributed by atoms with E-state index in [2.05, 4.69) is 5.32 Å². The zero-order chi connectivity index (χ0) is 18.8. The first-order valence-electron chi connectivity index (χ1n) is 7.01. The molecule has 1 N–H and O–H groups in total. The van der Waals surface area contributed by atoms with E-state index in [4.69, 9.17) is 0 Å². The molecule has 0 aromatic heterocycles. The molecule has 0 unspecified atom stereocenters.